The van der Waals surface area contributed by atoms with Gasteiger partial charge in [-0.3, -0.25) is 9.20 Å². The van der Waals surface area contributed by atoms with Gasteiger partial charge in [0.25, 0.3) is 5.91 Å². The van der Waals surface area contributed by atoms with Crippen molar-refractivity contribution in [1.29, 1.82) is 0 Å². The second-order valence-electron chi connectivity index (χ2n) is 9.21. The van der Waals surface area contributed by atoms with Crippen LogP contribution in [-0.4, -0.2) is 20.3 Å². The number of anilines is 3. The van der Waals surface area contributed by atoms with Gasteiger partial charge < -0.3 is 10.6 Å². The molecule has 3 heterocycles. The van der Waals surface area contributed by atoms with Crippen LogP contribution >= 0.6 is 11.3 Å². The molecular formula is C29H27N5OS. The van der Waals surface area contributed by atoms with Gasteiger partial charge >= 0.3 is 0 Å². The number of nitrogens with one attached hydrogen (secondary N) is 2. The molecule has 0 unspecified atom stereocenters. The molecule has 0 saturated heterocycles. The summed E-state index contributed by atoms with van der Waals surface area (Å²) in [5.74, 6) is 0.702. The van der Waals surface area contributed by atoms with Crippen molar-refractivity contribution in [3.63, 3.8) is 0 Å². The highest BCUT2D eigenvalue weighted by Crippen LogP contribution is 2.35. The summed E-state index contributed by atoms with van der Waals surface area (Å²) < 4.78 is 2.17. The lowest BCUT2D eigenvalue weighted by molar-refractivity contribution is 0.102. The molecule has 0 spiro atoms. The molecule has 0 atom stereocenters. The molecule has 5 aromatic rings. The summed E-state index contributed by atoms with van der Waals surface area (Å²) in [4.78, 5) is 23.1. The zero-order valence-electron chi connectivity index (χ0n) is 20.1. The Labute approximate surface area is 214 Å². The zero-order valence-corrected chi connectivity index (χ0v) is 20.9. The number of thiazole rings is 1. The van der Waals surface area contributed by atoms with Gasteiger partial charge in [0.15, 0.2) is 5.13 Å². The highest BCUT2D eigenvalue weighted by molar-refractivity contribution is 7.18. The second-order valence-corrected chi connectivity index (χ2v) is 10.2. The van der Waals surface area contributed by atoms with Crippen LogP contribution < -0.4 is 10.6 Å². The summed E-state index contributed by atoms with van der Waals surface area (Å²) in [7, 11) is 0. The molecular weight excluding hydrogens is 466 g/mol. The van der Waals surface area contributed by atoms with E-state index in [1.54, 1.807) is 11.3 Å². The molecule has 7 heteroatoms. The van der Waals surface area contributed by atoms with Crippen LogP contribution in [0.5, 0.6) is 0 Å². The lowest BCUT2D eigenvalue weighted by atomic mass is 10.1. The molecule has 36 heavy (non-hydrogen) atoms. The number of para-hydroxylation sites is 1. The smallest absolute Gasteiger partial charge is 0.255 e. The summed E-state index contributed by atoms with van der Waals surface area (Å²) in [5.41, 5.74) is 6.87. The third-order valence-electron chi connectivity index (χ3n) is 6.63. The van der Waals surface area contributed by atoms with E-state index >= 15 is 0 Å². The molecule has 0 bridgehead atoms. The van der Waals surface area contributed by atoms with E-state index in [9.17, 15) is 4.79 Å². The minimum Gasteiger partial charge on any atom is -0.332 e. The molecule has 2 aromatic carbocycles. The monoisotopic (exact) mass is 493 g/mol. The van der Waals surface area contributed by atoms with Crippen molar-refractivity contribution in [3.8, 4) is 10.6 Å². The Hall–Kier alpha value is -3.97. The van der Waals surface area contributed by atoms with Crippen molar-refractivity contribution >= 4 is 39.4 Å². The highest BCUT2D eigenvalue weighted by Gasteiger charge is 2.23. The van der Waals surface area contributed by atoms with Crippen LogP contribution in [0.1, 0.15) is 41.3 Å². The number of nitrogens with zero attached hydrogens (tertiary/aromatic N) is 3. The summed E-state index contributed by atoms with van der Waals surface area (Å²) >= 11 is 1.59. The van der Waals surface area contributed by atoms with Gasteiger partial charge in [-0.15, -0.1) is 0 Å². The second kappa shape index (κ2) is 9.59. The van der Waals surface area contributed by atoms with Crippen LogP contribution in [0, 0.1) is 5.92 Å². The SMILES string of the molecule is CCc1ccccc1NC(=O)c1ccc(Nc2ncc(-c3cnc4c(CC5CC5)cccn34)s2)cc1. The van der Waals surface area contributed by atoms with Crippen molar-refractivity contribution in [3.05, 3.63) is 95.9 Å². The fraction of sp³-hybridized carbons (Fsp3) is 0.207. The number of fused-ring (bicyclic) bond motifs is 1. The number of hydrogen-bond donors (Lipinski definition) is 2. The third-order valence-corrected chi connectivity index (χ3v) is 7.56. The number of rotatable bonds is 8. The number of hydrogen-bond acceptors (Lipinski definition) is 5. The van der Waals surface area contributed by atoms with Gasteiger partial charge in [-0.2, -0.15) is 0 Å². The van der Waals surface area contributed by atoms with E-state index < -0.39 is 0 Å². The maximum atomic E-state index is 12.7. The van der Waals surface area contributed by atoms with E-state index in [4.69, 9.17) is 4.98 Å². The first kappa shape index (κ1) is 22.5. The first-order valence-corrected chi connectivity index (χ1v) is 13.2. The van der Waals surface area contributed by atoms with Crippen molar-refractivity contribution in [1.82, 2.24) is 14.4 Å². The maximum absolute atomic E-state index is 12.7. The molecule has 3 aromatic heterocycles. The first-order valence-electron chi connectivity index (χ1n) is 12.4. The van der Waals surface area contributed by atoms with Gasteiger partial charge in [0.2, 0.25) is 0 Å². The molecule has 6 rings (SSSR count). The van der Waals surface area contributed by atoms with Gasteiger partial charge in [0.1, 0.15) is 5.65 Å². The molecule has 0 radical (unpaired) electrons. The molecule has 1 saturated carbocycles. The Balaban J connectivity index is 1.15. The Morgan fingerprint density at radius 3 is 2.61 bits per heavy atom. The Kier molecular flexibility index (Phi) is 5.99. The minimum atomic E-state index is -0.118. The highest BCUT2D eigenvalue weighted by atomic mass is 32.1. The van der Waals surface area contributed by atoms with Crippen molar-refractivity contribution in [2.24, 2.45) is 5.92 Å². The predicted octanol–water partition coefficient (Wildman–Crippen LogP) is 6.97. The molecule has 180 valence electrons. The zero-order chi connectivity index (χ0) is 24.5. The van der Waals surface area contributed by atoms with Gasteiger partial charge in [0.05, 0.1) is 16.8 Å². The van der Waals surface area contributed by atoms with Crippen LogP contribution in [-0.2, 0) is 12.8 Å². The van der Waals surface area contributed by atoms with Gasteiger partial charge in [-0.05, 0) is 79.1 Å². The number of carbonyl (C=O) groups excluding carboxylic acids is 1. The first-order chi connectivity index (χ1) is 17.7. The minimum absolute atomic E-state index is 0.118. The van der Waals surface area contributed by atoms with Crippen molar-refractivity contribution in [2.75, 3.05) is 10.6 Å². The summed E-state index contributed by atoms with van der Waals surface area (Å²) in [6.45, 7) is 2.08. The number of amides is 1. The fourth-order valence-electron chi connectivity index (χ4n) is 4.47. The van der Waals surface area contributed by atoms with Crippen LogP contribution in [0.25, 0.3) is 16.2 Å². The van der Waals surface area contributed by atoms with Gasteiger partial charge in [-0.1, -0.05) is 42.5 Å². The maximum Gasteiger partial charge on any atom is 0.255 e. The van der Waals surface area contributed by atoms with Gasteiger partial charge in [0, 0.05) is 29.3 Å². The predicted molar refractivity (Wildman–Crippen MR) is 146 cm³/mol. The average molecular weight is 494 g/mol. The molecule has 2 N–H and O–H groups in total. The van der Waals surface area contributed by atoms with E-state index in [2.05, 4.69) is 45.3 Å². The molecule has 0 aliphatic heterocycles. The quantitative estimate of drug-likeness (QED) is 0.245. The Morgan fingerprint density at radius 1 is 1.00 bits per heavy atom. The molecule has 1 fully saturated rings. The van der Waals surface area contributed by atoms with E-state index in [1.165, 1.54) is 18.4 Å². The molecule has 1 aliphatic rings. The Bertz CT molecular complexity index is 1530. The van der Waals surface area contributed by atoms with Crippen molar-refractivity contribution in [2.45, 2.75) is 32.6 Å². The van der Waals surface area contributed by atoms with Crippen LogP contribution in [0.15, 0.2) is 79.3 Å². The fourth-order valence-corrected chi connectivity index (χ4v) is 5.31. The summed E-state index contributed by atoms with van der Waals surface area (Å²) in [5, 5.41) is 7.17. The van der Waals surface area contributed by atoms with E-state index in [-0.39, 0.29) is 5.91 Å². The number of aromatic nitrogens is 3. The van der Waals surface area contributed by atoms with Crippen LogP contribution in [0.4, 0.5) is 16.5 Å². The normalized spacial score (nSPS) is 13.1. The third kappa shape index (κ3) is 4.62. The van der Waals surface area contributed by atoms with Gasteiger partial charge in [-0.25, -0.2) is 9.97 Å². The van der Waals surface area contributed by atoms with E-state index in [1.807, 2.05) is 60.9 Å². The van der Waals surface area contributed by atoms with Crippen LogP contribution in [0.2, 0.25) is 0 Å². The Morgan fingerprint density at radius 2 is 1.81 bits per heavy atom. The lowest BCUT2D eigenvalue weighted by Crippen LogP contribution is -2.13. The topological polar surface area (TPSA) is 71.3 Å². The largest absolute Gasteiger partial charge is 0.332 e. The molecule has 1 aliphatic carbocycles. The summed E-state index contributed by atoms with van der Waals surface area (Å²) in [6.07, 6.45) is 10.5. The number of imidazole rings is 1. The van der Waals surface area contributed by atoms with Crippen molar-refractivity contribution < 1.29 is 4.79 Å². The molecule has 1 amide bonds. The van der Waals surface area contributed by atoms with E-state index in [0.717, 1.165) is 57.0 Å². The number of benzene rings is 2. The standard InChI is InChI=1S/C29H27N5OS/c1-2-20-6-3-4-8-24(20)33-28(35)21-11-13-23(14-12-21)32-29-31-18-26(36-29)25-17-30-27-22(16-19-9-10-19)7-5-15-34(25)27/h3-8,11-15,17-19H,2,9-10,16H2,1H3,(H,31,32)(H,33,35). The van der Waals surface area contributed by atoms with Crippen LogP contribution in [0.3, 0.4) is 0 Å². The number of carbonyl (C=O) groups is 1. The average Bonchev–Trinajstić information content (AvgIpc) is 3.42. The summed E-state index contributed by atoms with van der Waals surface area (Å²) in [6, 6.07) is 19.6. The number of pyridine rings is 1. The van der Waals surface area contributed by atoms with E-state index in [0.29, 0.717) is 5.56 Å². The molecule has 6 nitrogen and oxygen atoms in total. The number of aryl methyl sites for hydroxylation is 1. The lowest BCUT2D eigenvalue weighted by Gasteiger charge is -2.10.